The van der Waals surface area contributed by atoms with Crippen LogP contribution in [0.2, 0.25) is 15.1 Å². The minimum absolute atomic E-state index is 0.00322. The van der Waals surface area contributed by atoms with Gasteiger partial charge in [0.2, 0.25) is 0 Å². The van der Waals surface area contributed by atoms with Gasteiger partial charge in [-0.25, -0.2) is 0 Å². The van der Waals surface area contributed by atoms with E-state index in [1.807, 2.05) is 6.07 Å². The Hall–Kier alpha value is -3.57. The van der Waals surface area contributed by atoms with Gasteiger partial charge in [-0.15, -0.1) is 0 Å². The summed E-state index contributed by atoms with van der Waals surface area (Å²) in [5.74, 6) is -0.441. The molecule has 33 heavy (non-hydrogen) atoms. The van der Waals surface area contributed by atoms with Crippen LogP contribution in [0, 0.1) is 21.4 Å². The molecule has 0 saturated heterocycles. The van der Waals surface area contributed by atoms with Gasteiger partial charge in [0.1, 0.15) is 18.2 Å². The van der Waals surface area contributed by atoms with E-state index in [4.69, 9.17) is 39.5 Å². The fourth-order valence-electron chi connectivity index (χ4n) is 2.76. The fraction of sp³-hybridized carbons (Fsp3) is 0.0435. The molecular formula is C23H14Cl3N3O4. The number of nitrogens with zero attached hydrogens (tertiary/aromatic N) is 2. The van der Waals surface area contributed by atoms with Crippen molar-refractivity contribution >= 4 is 58.2 Å². The maximum atomic E-state index is 12.4. The first kappa shape index (κ1) is 24.1. The molecule has 0 aromatic heterocycles. The zero-order chi connectivity index (χ0) is 24.0. The highest BCUT2D eigenvalue weighted by Gasteiger charge is 2.14. The number of carbonyl (C=O) groups excluding carboxylic acids is 1. The first-order valence-corrected chi connectivity index (χ1v) is 10.4. The monoisotopic (exact) mass is 501 g/mol. The summed E-state index contributed by atoms with van der Waals surface area (Å²) in [6, 6.07) is 17.2. The number of amides is 1. The number of non-ortho nitro benzene ring substituents is 1. The molecular weight excluding hydrogens is 489 g/mol. The number of rotatable bonds is 7. The number of anilines is 1. The smallest absolute Gasteiger partial charge is 0.269 e. The number of carbonyl (C=O) groups is 1. The molecule has 0 aliphatic carbocycles. The van der Waals surface area contributed by atoms with Gasteiger partial charge in [0, 0.05) is 22.8 Å². The van der Waals surface area contributed by atoms with Gasteiger partial charge < -0.3 is 10.1 Å². The van der Waals surface area contributed by atoms with Gasteiger partial charge in [0.05, 0.1) is 15.0 Å². The van der Waals surface area contributed by atoms with E-state index in [-0.39, 0.29) is 33.7 Å². The van der Waals surface area contributed by atoms with Crippen molar-refractivity contribution in [1.82, 2.24) is 0 Å². The molecule has 0 spiro atoms. The molecule has 0 heterocycles. The third kappa shape index (κ3) is 6.46. The molecule has 0 atom stereocenters. The van der Waals surface area contributed by atoms with Crippen LogP contribution in [0.4, 0.5) is 11.4 Å². The summed E-state index contributed by atoms with van der Waals surface area (Å²) in [7, 11) is 0. The SMILES string of the molecule is N#C/C(=C/c1cc(Cl)c(OCc2cccc([N+](=O)[O-])c2)c(Cl)c1)C(=O)Nc1ccc(Cl)cc1. The number of nitrogens with one attached hydrogen (secondary N) is 1. The highest BCUT2D eigenvalue weighted by molar-refractivity contribution is 6.37. The molecule has 0 unspecified atom stereocenters. The summed E-state index contributed by atoms with van der Waals surface area (Å²) < 4.78 is 5.65. The Kier molecular flexibility index (Phi) is 7.91. The van der Waals surface area contributed by atoms with Gasteiger partial charge in [-0.2, -0.15) is 5.26 Å². The number of benzene rings is 3. The van der Waals surface area contributed by atoms with Crippen molar-refractivity contribution in [2.75, 3.05) is 5.32 Å². The molecule has 0 saturated carbocycles. The fourth-order valence-corrected chi connectivity index (χ4v) is 3.50. The van der Waals surface area contributed by atoms with Crippen molar-refractivity contribution in [3.05, 3.63) is 103 Å². The van der Waals surface area contributed by atoms with E-state index in [1.165, 1.54) is 30.3 Å². The zero-order valence-electron chi connectivity index (χ0n) is 16.7. The van der Waals surface area contributed by atoms with Crippen LogP contribution in [0.15, 0.2) is 66.2 Å². The molecule has 0 bridgehead atoms. The van der Waals surface area contributed by atoms with Crippen LogP contribution in [0.5, 0.6) is 5.75 Å². The quantitative estimate of drug-likeness (QED) is 0.168. The van der Waals surface area contributed by atoms with Crippen molar-refractivity contribution in [2.45, 2.75) is 6.61 Å². The average Bonchev–Trinajstić information content (AvgIpc) is 2.78. The van der Waals surface area contributed by atoms with Gasteiger partial charge in [0.15, 0.2) is 5.75 Å². The summed E-state index contributed by atoms with van der Waals surface area (Å²) >= 11 is 18.4. The molecule has 1 N–H and O–H groups in total. The first-order valence-electron chi connectivity index (χ1n) is 9.30. The van der Waals surface area contributed by atoms with E-state index in [9.17, 15) is 20.2 Å². The van der Waals surface area contributed by atoms with Crippen molar-refractivity contribution in [2.24, 2.45) is 0 Å². The van der Waals surface area contributed by atoms with E-state index in [0.717, 1.165) is 0 Å². The first-order chi connectivity index (χ1) is 15.8. The lowest BCUT2D eigenvalue weighted by atomic mass is 10.1. The van der Waals surface area contributed by atoms with Crippen LogP contribution in [-0.4, -0.2) is 10.8 Å². The Morgan fingerprint density at radius 1 is 1.09 bits per heavy atom. The van der Waals surface area contributed by atoms with E-state index >= 15 is 0 Å². The van der Waals surface area contributed by atoms with E-state index in [1.54, 1.807) is 36.4 Å². The third-order valence-corrected chi connectivity index (χ3v) is 5.12. The van der Waals surface area contributed by atoms with Crippen LogP contribution in [-0.2, 0) is 11.4 Å². The lowest BCUT2D eigenvalue weighted by molar-refractivity contribution is -0.384. The predicted octanol–water partition coefficient (Wildman–Crippen LogP) is 6.68. The third-order valence-electron chi connectivity index (χ3n) is 4.30. The second-order valence-electron chi connectivity index (χ2n) is 6.66. The Morgan fingerprint density at radius 3 is 2.36 bits per heavy atom. The summed E-state index contributed by atoms with van der Waals surface area (Å²) in [6.45, 7) is 0.00322. The lowest BCUT2D eigenvalue weighted by Gasteiger charge is -2.11. The van der Waals surface area contributed by atoms with Crippen LogP contribution in [0.3, 0.4) is 0 Å². The van der Waals surface area contributed by atoms with E-state index in [2.05, 4.69) is 5.32 Å². The molecule has 1 amide bonds. The standard InChI is InChI=1S/C23H14Cl3N3O4/c24-17-4-6-18(7-5-17)28-23(30)16(12-27)8-15-10-20(25)22(21(26)11-15)33-13-14-2-1-3-19(9-14)29(31)32/h1-11H,13H2,(H,28,30)/b16-8-. The molecule has 0 aliphatic heterocycles. The number of hydrogen-bond donors (Lipinski definition) is 1. The molecule has 3 rings (SSSR count). The van der Waals surface area contributed by atoms with Crippen molar-refractivity contribution in [3.63, 3.8) is 0 Å². The molecule has 3 aromatic rings. The van der Waals surface area contributed by atoms with Gasteiger partial charge >= 0.3 is 0 Å². The highest BCUT2D eigenvalue weighted by Crippen LogP contribution is 2.35. The van der Waals surface area contributed by atoms with E-state index in [0.29, 0.717) is 21.8 Å². The molecule has 3 aromatic carbocycles. The van der Waals surface area contributed by atoms with Crippen LogP contribution >= 0.6 is 34.8 Å². The number of nitro groups is 1. The van der Waals surface area contributed by atoms with Crippen LogP contribution in [0.25, 0.3) is 6.08 Å². The normalized spacial score (nSPS) is 10.9. The maximum Gasteiger partial charge on any atom is 0.269 e. The van der Waals surface area contributed by atoms with Gasteiger partial charge in [0.25, 0.3) is 11.6 Å². The number of halogens is 3. The number of nitriles is 1. The second-order valence-corrected chi connectivity index (χ2v) is 7.91. The van der Waals surface area contributed by atoms with Gasteiger partial charge in [-0.1, -0.05) is 46.9 Å². The Labute approximate surface area is 203 Å². The summed E-state index contributed by atoms with van der Waals surface area (Å²) in [5.41, 5.74) is 1.23. The Morgan fingerprint density at radius 2 is 1.76 bits per heavy atom. The summed E-state index contributed by atoms with van der Waals surface area (Å²) in [6.07, 6.45) is 1.34. The highest BCUT2D eigenvalue weighted by atomic mass is 35.5. The topological polar surface area (TPSA) is 105 Å². The minimum atomic E-state index is -0.613. The summed E-state index contributed by atoms with van der Waals surface area (Å²) in [5, 5.41) is 23.7. The van der Waals surface area contributed by atoms with Gasteiger partial charge in [-0.05, 0) is 53.6 Å². The molecule has 166 valence electrons. The zero-order valence-corrected chi connectivity index (χ0v) is 19.0. The largest absolute Gasteiger partial charge is 0.486 e. The van der Waals surface area contributed by atoms with Gasteiger partial charge in [-0.3, -0.25) is 14.9 Å². The van der Waals surface area contributed by atoms with Crippen molar-refractivity contribution in [1.29, 1.82) is 5.26 Å². The summed E-state index contributed by atoms with van der Waals surface area (Å²) in [4.78, 5) is 22.8. The van der Waals surface area contributed by atoms with E-state index < -0.39 is 10.8 Å². The van der Waals surface area contributed by atoms with Crippen molar-refractivity contribution in [3.8, 4) is 11.8 Å². The Bertz CT molecular complexity index is 1260. The molecule has 10 heteroatoms. The molecule has 0 fully saturated rings. The average molecular weight is 503 g/mol. The minimum Gasteiger partial charge on any atom is -0.486 e. The van der Waals surface area contributed by atoms with Crippen molar-refractivity contribution < 1.29 is 14.5 Å². The maximum absolute atomic E-state index is 12.4. The number of hydrogen-bond acceptors (Lipinski definition) is 5. The molecule has 0 radical (unpaired) electrons. The van der Waals surface area contributed by atoms with Crippen LogP contribution < -0.4 is 10.1 Å². The number of nitro benzene ring substituents is 1. The number of ether oxygens (including phenoxy) is 1. The second kappa shape index (κ2) is 10.8. The molecule has 0 aliphatic rings. The predicted molar refractivity (Wildman–Crippen MR) is 128 cm³/mol. The van der Waals surface area contributed by atoms with Crippen LogP contribution in [0.1, 0.15) is 11.1 Å². The molecule has 7 nitrogen and oxygen atoms in total. The lowest BCUT2D eigenvalue weighted by Crippen LogP contribution is -2.13. The Balaban J connectivity index is 1.76.